The number of ether oxygens (including phenoxy) is 3. The molecule has 4 rings (SSSR count). The number of hydrogen-bond acceptors (Lipinski definition) is 10. The van der Waals surface area contributed by atoms with Crippen LogP contribution in [0.15, 0.2) is 57.5 Å². The third-order valence-electron chi connectivity index (χ3n) is 5.88. The number of thiazole rings is 1. The van der Waals surface area contributed by atoms with Crippen molar-refractivity contribution < 1.29 is 29.0 Å². The van der Waals surface area contributed by atoms with E-state index < -0.39 is 33.9 Å². The summed E-state index contributed by atoms with van der Waals surface area (Å²) in [5.74, 6) is -0.144. The molecule has 0 spiro atoms. The van der Waals surface area contributed by atoms with Crippen LogP contribution in [-0.2, 0) is 9.53 Å². The minimum Gasteiger partial charge on any atom is -0.502 e. The zero-order valence-corrected chi connectivity index (χ0v) is 22.8. The van der Waals surface area contributed by atoms with Gasteiger partial charge in [-0.1, -0.05) is 23.5 Å². The van der Waals surface area contributed by atoms with E-state index in [1.807, 2.05) is 13.8 Å². The van der Waals surface area contributed by atoms with Gasteiger partial charge in [0.2, 0.25) is 0 Å². The third kappa shape index (κ3) is 5.41. The van der Waals surface area contributed by atoms with E-state index in [4.69, 9.17) is 14.2 Å². The summed E-state index contributed by atoms with van der Waals surface area (Å²) in [5.41, 5.74) is 0.595. The predicted molar refractivity (Wildman–Crippen MR) is 144 cm³/mol. The lowest BCUT2D eigenvalue weighted by Crippen LogP contribution is -2.40. The highest BCUT2D eigenvalue weighted by Crippen LogP contribution is 2.36. The van der Waals surface area contributed by atoms with Crippen molar-refractivity contribution in [1.82, 2.24) is 4.57 Å². The molecule has 2 aromatic carbocycles. The molecule has 204 valence electrons. The molecule has 0 saturated carbocycles. The van der Waals surface area contributed by atoms with Crippen molar-refractivity contribution in [2.75, 3.05) is 13.7 Å². The number of allylic oxidation sites excluding steroid dienone is 1. The molecule has 3 aromatic rings. The monoisotopic (exact) mass is 553 g/mol. The van der Waals surface area contributed by atoms with E-state index in [1.165, 1.54) is 36.0 Å². The fourth-order valence-corrected chi connectivity index (χ4v) is 5.29. The lowest BCUT2D eigenvalue weighted by Gasteiger charge is -2.25. The Morgan fingerprint density at radius 3 is 2.64 bits per heavy atom. The number of aromatic nitrogens is 1. The number of phenolic OH excluding ortho intramolecular Hbond substituents is 1. The number of carbonyl (C=O) groups excluding carboxylic acids is 1. The number of benzene rings is 2. The molecule has 1 aliphatic heterocycles. The SMILES string of the molecule is CCOC(=O)C1=C(C)N=c2sc(=Cc3ccc(O)c([N+](=O)[O-])c3)c(=O)n2C1c1ccc(OC(C)C)c(OC)c1. The summed E-state index contributed by atoms with van der Waals surface area (Å²) < 4.78 is 18.3. The number of nitrogens with zero attached hydrogens (tertiary/aromatic N) is 3. The molecular formula is C27H27N3O8S. The van der Waals surface area contributed by atoms with Gasteiger partial charge in [0.15, 0.2) is 22.0 Å². The van der Waals surface area contributed by atoms with Crippen molar-refractivity contribution >= 4 is 29.1 Å². The summed E-state index contributed by atoms with van der Waals surface area (Å²) in [4.78, 5) is 42.3. The number of carbonyl (C=O) groups is 1. The highest BCUT2D eigenvalue weighted by Gasteiger charge is 2.34. The third-order valence-corrected chi connectivity index (χ3v) is 6.86. The maximum Gasteiger partial charge on any atom is 0.338 e. The molecular weight excluding hydrogens is 526 g/mol. The van der Waals surface area contributed by atoms with Gasteiger partial charge in [-0.15, -0.1) is 0 Å². The summed E-state index contributed by atoms with van der Waals surface area (Å²) in [5, 5.41) is 21.0. The van der Waals surface area contributed by atoms with Gasteiger partial charge < -0.3 is 19.3 Å². The average molecular weight is 554 g/mol. The molecule has 1 aromatic heterocycles. The lowest BCUT2D eigenvalue weighted by molar-refractivity contribution is -0.385. The quantitative estimate of drug-likeness (QED) is 0.255. The second-order valence-corrected chi connectivity index (χ2v) is 9.89. The Bertz CT molecular complexity index is 1670. The number of aromatic hydroxyl groups is 1. The molecule has 11 nitrogen and oxygen atoms in total. The van der Waals surface area contributed by atoms with E-state index in [0.29, 0.717) is 33.1 Å². The van der Waals surface area contributed by atoms with Crippen LogP contribution in [0.3, 0.4) is 0 Å². The van der Waals surface area contributed by atoms with E-state index in [9.17, 15) is 24.8 Å². The van der Waals surface area contributed by atoms with Crippen LogP contribution in [-0.4, -0.2) is 40.4 Å². The molecule has 0 saturated heterocycles. The Morgan fingerprint density at radius 2 is 2.00 bits per heavy atom. The smallest absolute Gasteiger partial charge is 0.338 e. The predicted octanol–water partition coefficient (Wildman–Crippen LogP) is 3.21. The Kier molecular flexibility index (Phi) is 7.86. The standard InChI is InChI=1S/C27H27N3O8S/c1-6-37-26(33)23-15(4)28-27-29(24(23)17-8-10-20(38-14(2)3)21(13-17)36-5)25(32)22(39-27)12-16-7-9-19(31)18(11-16)30(34)35/h7-14,24,31H,6H2,1-5H3. The van der Waals surface area contributed by atoms with E-state index in [1.54, 1.807) is 32.0 Å². The molecule has 12 heteroatoms. The van der Waals surface area contributed by atoms with Gasteiger partial charge in [-0.25, -0.2) is 9.79 Å². The Balaban J connectivity index is 1.94. The summed E-state index contributed by atoms with van der Waals surface area (Å²) in [6.45, 7) is 7.28. The zero-order chi connectivity index (χ0) is 28.4. The van der Waals surface area contributed by atoms with Gasteiger partial charge in [0.25, 0.3) is 5.56 Å². The lowest BCUT2D eigenvalue weighted by atomic mass is 9.95. The number of nitro benzene ring substituents is 1. The summed E-state index contributed by atoms with van der Waals surface area (Å²) in [6, 6.07) is 8.14. The van der Waals surface area contributed by atoms with E-state index in [-0.39, 0.29) is 22.8 Å². The number of fused-ring (bicyclic) bond motifs is 1. The Hall–Kier alpha value is -4.45. The number of rotatable bonds is 8. The van der Waals surface area contributed by atoms with Crippen molar-refractivity contribution in [3.63, 3.8) is 0 Å². The molecule has 0 fully saturated rings. The first-order chi connectivity index (χ1) is 18.5. The molecule has 1 atom stereocenters. The van der Waals surface area contributed by atoms with Crippen LogP contribution in [0, 0.1) is 10.1 Å². The highest BCUT2D eigenvalue weighted by atomic mass is 32.1. The Morgan fingerprint density at radius 1 is 1.26 bits per heavy atom. The van der Waals surface area contributed by atoms with Crippen molar-refractivity contribution in [2.24, 2.45) is 4.99 Å². The van der Waals surface area contributed by atoms with Gasteiger partial charge in [0, 0.05) is 6.07 Å². The number of hydrogen-bond donors (Lipinski definition) is 1. The van der Waals surface area contributed by atoms with Crippen LogP contribution >= 0.6 is 11.3 Å². The van der Waals surface area contributed by atoms with Crippen LogP contribution in [0.25, 0.3) is 6.08 Å². The van der Waals surface area contributed by atoms with Gasteiger partial charge in [-0.3, -0.25) is 19.5 Å². The van der Waals surface area contributed by atoms with Crippen molar-refractivity contribution in [1.29, 1.82) is 0 Å². The molecule has 2 heterocycles. The maximum absolute atomic E-state index is 13.8. The second kappa shape index (κ2) is 11.1. The van der Waals surface area contributed by atoms with Crippen LogP contribution < -0.4 is 24.4 Å². The first-order valence-corrected chi connectivity index (χ1v) is 12.9. The number of phenols is 1. The molecule has 0 aliphatic carbocycles. The van der Waals surface area contributed by atoms with E-state index in [2.05, 4.69) is 4.99 Å². The normalized spacial score (nSPS) is 15.1. The number of nitro groups is 1. The van der Waals surface area contributed by atoms with Crippen molar-refractivity contribution in [3.05, 3.63) is 88.6 Å². The van der Waals surface area contributed by atoms with Crippen LogP contribution in [0.1, 0.15) is 44.9 Å². The summed E-state index contributed by atoms with van der Waals surface area (Å²) >= 11 is 1.08. The number of esters is 1. The maximum atomic E-state index is 13.8. The largest absolute Gasteiger partial charge is 0.502 e. The average Bonchev–Trinajstić information content (AvgIpc) is 3.18. The molecule has 39 heavy (non-hydrogen) atoms. The van der Waals surface area contributed by atoms with Gasteiger partial charge in [0.1, 0.15) is 0 Å². The van der Waals surface area contributed by atoms with Gasteiger partial charge >= 0.3 is 11.7 Å². The van der Waals surface area contributed by atoms with Gasteiger partial charge in [-0.05, 0) is 63.1 Å². The molecule has 1 N–H and O–H groups in total. The Labute approximate surface area is 227 Å². The van der Waals surface area contributed by atoms with E-state index >= 15 is 0 Å². The molecule has 1 unspecified atom stereocenters. The second-order valence-electron chi connectivity index (χ2n) is 8.88. The fourth-order valence-electron chi connectivity index (χ4n) is 4.24. The number of methoxy groups -OCH3 is 1. The summed E-state index contributed by atoms with van der Waals surface area (Å²) in [6.07, 6.45) is 1.38. The highest BCUT2D eigenvalue weighted by molar-refractivity contribution is 7.07. The zero-order valence-electron chi connectivity index (χ0n) is 22.0. The summed E-state index contributed by atoms with van der Waals surface area (Å²) in [7, 11) is 1.50. The van der Waals surface area contributed by atoms with Crippen LogP contribution in [0.5, 0.6) is 17.2 Å². The van der Waals surface area contributed by atoms with E-state index in [0.717, 1.165) is 11.3 Å². The first kappa shape index (κ1) is 27.6. The van der Waals surface area contributed by atoms with Crippen molar-refractivity contribution in [3.8, 4) is 17.2 Å². The molecule has 0 bridgehead atoms. The van der Waals surface area contributed by atoms with Gasteiger partial charge in [-0.2, -0.15) is 0 Å². The molecule has 0 amide bonds. The topological polar surface area (TPSA) is 142 Å². The first-order valence-electron chi connectivity index (χ1n) is 12.1. The molecule has 0 radical (unpaired) electrons. The van der Waals surface area contributed by atoms with Crippen LogP contribution in [0.2, 0.25) is 0 Å². The minimum absolute atomic E-state index is 0.102. The van der Waals surface area contributed by atoms with Crippen LogP contribution in [0.4, 0.5) is 5.69 Å². The molecule has 1 aliphatic rings. The van der Waals surface area contributed by atoms with Crippen molar-refractivity contribution in [2.45, 2.75) is 39.8 Å². The fraction of sp³-hybridized carbons (Fsp3) is 0.296. The van der Waals surface area contributed by atoms with Gasteiger partial charge in [0.05, 0.1) is 46.6 Å². The minimum atomic E-state index is -0.876.